The van der Waals surface area contributed by atoms with Gasteiger partial charge in [0.1, 0.15) is 17.3 Å². The van der Waals surface area contributed by atoms with Gasteiger partial charge in [-0.25, -0.2) is 4.98 Å². The normalized spacial score (nSPS) is 11.9. The maximum atomic E-state index is 12.5. The number of nitrogens with one attached hydrogen (secondary N) is 1. The molecule has 3 aromatic rings. The first-order valence-corrected chi connectivity index (χ1v) is 7.89. The summed E-state index contributed by atoms with van der Waals surface area (Å²) < 4.78 is 43.1. The summed E-state index contributed by atoms with van der Waals surface area (Å²) in [5, 5.41) is 4.52. The van der Waals surface area contributed by atoms with Crippen molar-refractivity contribution < 1.29 is 17.6 Å². The van der Waals surface area contributed by atoms with Gasteiger partial charge in [0.15, 0.2) is 0 Å². The monoisotopic (exact) mass is 379 g/mol. The van der Waals surface area contributed by atoms with E-state index in [1.165, 1.54) is 12.3 Å². The summed E-state index contributed by atoms with van der Waals surface area (Å²) in [6.07, 6.45) is -2.27. The van der Waals surface area contributed by atoms with Crippen LogP contribution in [0.2, 0.25) is 5.02 Å². The molecule has 3 rings (SSSR count). The first kappa shape index (κ1) is 18.0. The van der Waals surface area contributed by atoms with Gasteiger partial charge in [-0.15, -0.1) is 0 Å². The van der Waals surface area contributed by atoms with Gasteiger partial charge < -0.3 is 4.42 Å². The molecule has 0 saturated carbocycles. The molecule has 0 radical (unpaired) electrons. The van der Waals surface area contributed by atoms with Crippen LogP contribution in [0, 0.1) is 6.92 Å². The SMILES string of the molecule is Cc1ccc(Cl)cc1-c1ccc(/C=N\Nc2ccc(C(F)(F)F)cn2)o1. The van der Waals surface area contributed by atoms with Crippen molar-refractivity contribution in [1.29, 1.82) is 0 Å². The molecule has 8 heteroatoms. The number of nitrogens with zero attached hydrogens (tertiary/aromatic N) is 2. The van der Waals surface area contributed by atoms with Crippen molar-refractivity contribution in [3.8, 4) is 11.3 Å². The molecule has 0 spiro atoms. The predicted octanol–water partition coefficient (Wildman–Crippen LogP) is 5.77. The van der Waals surface area contributed by atoms with E-state index in [9.17, 15) is 13.2 Å². The highest BCUT2D eigenvalue weighted by molar-refractivity contribution is 6.30. The van der Waals surface area contributed by atoms with E-state index >= 15 is 0 Å². The van der Waals surface area contributed by atoms with Crippen molar-refractivity contribution in [3.63, 3.8) is 0 Å². The second-order valence-corrected chi connectivity index (χ2v) is 5.90. The van der Waals surface area contributed by atoms with Gasteiger partial charge in [-0.1, -0.05) is 17.7 Å². The smallest absolute Gasteiger partial charge is 0.417 e. The molecule has 0 amide bonds. The van der Waals surface area contributed by atoms with Gasteiger partial charge in [-0.2, -0.15) is 18.3 Å². The van der Waals surface area contributed by atoms with Gasteiger partial charge in [-0.3, -0.25) is 5.43 Å². The van der Waals surface area contributed by atoms with Crippen LogP contribution in [0.1, 0.15) is 16.9 Å². The Hall–Kier alpha value is -2.80. The fourth-order valence-corrected chi connectivity index (χ4v) is 2.39. The van der Waals surface area contributed by atoms with Crippen LogP contribution in [-0.2, 0) is 6.18 Å². The van der Waals surface area contributed by atoms with Crippen molar-refractivity contribution >= 4 is 23.6 Å². The lowest BCUT2D eigenvalue weighted by atomic mass is 10.1. The van der Waals surface area contributed by atoms with Crippen molar-refractivity contribution in [3.05, 3.63) is 70.6 Å². The Labute approximate surface area is 152 Å². The van der Waals surface area contributed by atoms with Gasteiger partial charge in [0.05, 0.1) is 11.8 Å². The van der Waals surface area contributed by atoms with Crippen LogP contribution < -0.4 is 5.43 Å². The third-order valence-corrected chi connectivity index (χ3v) is 3.79. The molecule has 0 unspecified atom stereocenters. The van der Waals surface area contributed by atoms with Crippen molar-refractivity contribution in [2.24, 2.45) is 5.10 Å². The average molecular weight is 380 g/mol. The highest BCUT2D eigenvalue weighted by Crippen LogP contribution is 2.29. The van der Waals surface area contributed by atoms with Crippen LogP contribution in [0.4, 0.5) is 19.0 Å². The van der Waals surface area contributed by atoms with Crippen molar-refractivity contribution in [2.75, 3.05) is 5.43 Å². The Balaban J connectivity index is 1.68. The van der Waals surface area contributed by atoms with Crippen LogP contribution in [0.15, 0.2) is 58.2 Å². The molecule has 2 heterocycles. The van der Waals surface area contributed by atoms with Crippen LogP contribution in [0.5, 0.6) is 0 Å². The summed E-state index contributed by atoms with van der Waals surface area (Å²) >= 11 is 6.01. The largest absolute Gasteiger partial charge is 0.455 e. The number of hydrogen-bond donors (Lipinski definition) is 1. The summed E-state index contributed by atoms with van der Waals surface area (Å²) in [7, 11) is 0. The number of rotatable bonds is 4. The Morgan fingerprint density at radius 1 is 1.15 bits per heavy atom. The molecule has 0 saturated heterocycles. The highest BCUT2D eigenvalue weighted by atomic mass is 35.5. The molecule has 1 aromatic carbocycles. The van der Waals surface area contributed by atoms with Gasteiger partial charge in [-0.05, 0) is 48.9 Å². The maximum Gasteiger partial charge on any atom is 0.417 e. The van der Waals surface area contributed by atoms with Crippen LogP contribution in [0.3, 0.4) is 0 Å². The first-order valence-electron chi connectivity index (χ1n) is 7.51. The van der Waals surface area contributed by atoms with Crippen LogP contribution in [-0.4, -0.2) is 11.2 Å². The molecule has 0 aliphatic rings. The van der Waals surface area contributed by atoms with Gasteiger partial charge in [0.25, 0.3) is 0 Å². The van der Waals surface area contributed by atoms with Gasteiger partial charge in [0, 0.05) is 16.8 Å². The predicted molar refractivity (Wildman–Crippen MR) is 94.3 cm³/mol. The van der Waals surface area contributed by atoms with E-state index in [0.717, 1.165) is 23.4 Å². The number of hydrazone groups is 1. The molecule has 2 aromatic heterocycles. The Kier molecular flexibility index (Phi) is 4.99. The fourth-order valence-electron chi connectivity index (χ4n) is 2.22. The van der Waals surface area contributed by atoms with Crippen LogP contribution in [0.25, 0.3) is 11.3 Å². The number of alkyl halides is 3. The zero-order valence-electron chi connectivity index (χ0n) is 13.5. The first-order chi connectivity index (χ1) is 12.3. The molecule has 1 N–H and O–H groups in total. The lowest BCUT2D eigenvalue weighted by Gasteiger charge is -2.06. The standard InChI is InChI=1S/C18H13ClF3N3O/c1-11-2-4-13(19)8-15(11)16-6-5-14(26-16)10-24-25-17-7-3-12(9-23-17)18(20,21)22/h2-10H,1H3,(H,23,25)/b24-10-. The minimum atomic E-state index is -4.42. The molecule has 26 heavy (non-hydrogen) atoms. The average Bonchev–Trinajstić information content (AvgIpc) is 3.05. The molecule has 0 bridgehead atoms. The minimum Gasteiger partial charge on any atom is -0.455 e. The minimum absolute atomic E-state index is 0.187. The molecule has 4 nitrogen and oxygen atoms in total. The number of hydrogen-bond acceptors (Lipinski definition) is 4. The fraction of sp³-hybridized carbons (Fsp3) is 0.111. The Morgan fingerprint density at radius 3 is 2.65 bits per heavy atom. The summed E-state index contributed by atoms with van der Waals surface area (Å²) in [6.45, 7) is 1.94. The number of halogens is 4. The quantitative estimate of drug-likeness (QED) is 0.462. The number of anilines is 1. The molecular formula is C18H13ClF3N3O. The molecule has 0 aliphatic carbocycles. The zero-order chi connectivity index (χ0) is 18.7. The summed E-state index contributed by atoms with van der Waals surface area (Å²) in [6, 6.07) is 11.1. The third-order valence-electron chi connectivity index (χ3n) is 3.55. The van der Waals surface area contributed by atoms with E-state index < -0.39 is 11.7 Å². The van der Waals surface area contributed by atoms with E-state index in [-0.39, 0.29) is 5.82 Å². The highest BCUT2D eigenvalue weighted by Gasteiger charge is 2.30. The molecule has 0 fully saturated rings. The summed E-state index contributed by atoms with van der Waals surface area (Å²) in [4.78, 5) is 3.66. The zero-order valence-corrected chi connectivity index (χ0v) is 14.3. The van der Waals surface area contributed by atoms with Crippen LogP contribution >= 0.6 is 11.6 Å². The third kappa shape index (κ3) is 4.23. The summed E-state index contributed by atoms with van der Waals surface area (Å²) in [5.74, 6) is 1.30. The molecule has 0 aliphatic heterocycles. The molecule has 0 atom stereocenters. The van der Waals surface area contributed by atoms with E-state index in [4.69, 9.17) is 16.0 Å². The van der Waals surface area contributed by atoms with E-state index in [0.29, 0.717) is 16.5 Å². The van der Waals surface area contributed by atoms with Crippen molar-refractivity contribution in [2.45, 2.75) is 13.1 Å². The van der Waals surface area contributed by atoms with E-state index in [2.05, 4.69) is 15.5 Å². The Bertz CT molecular complexity index is 934. The van der Waals surface area contributed by atoms with Gasteiger partial charge >= 0.3 is 6.18 Å². The molecule has 134 valence electrons. The maximum absolute atomic E-state index is 12.5. The number of aromatic nitrogens is 1. The van der Waals surface area contributed by atoms with E-state index in [1.54, 1.807) is 24.3 Å². The Morgan fingerprint density at radius 2 is 1.96 bits per heavy atom. The second kappa shape index (κ2) is 7.21. The second-order valence-electron chi connectivity index (χ2n) is 5.46. The lowest BCUT2D eigenvalue weighted by molar-refractivity contribution is -0.137. The topological polar surface area (TPSA) is 50.4 Å². The number of benzene rings is 1. The summed E-state index contributed by atoms with van der Waals surface area (Å²) in [5.41, 5.74) is 3.61. The van der Waals surface area contributed by atoms with Crippen molar-refractivity contribution in [1.82, 2.24) is 4.98 Å². The lowest BCUT2D eigenvalue weighted by Crippen LogP contribution is -2.05. The van der Waals surface area contributed by atoms with Gasteiger partial charge in [0.2, 0.25) is 0 Å². The molecular weight excluding hydrogens is 367 g/mol. The van der Waals surface area contributed by atoms with E-state index in [1.807, 2.05) is 13.0 Å². The number of aryl methyl sites for hydroxylation is 1. The number of furan rings is 1. The number of pyridine rings is 1.